The van der Waals surface area contributed by atoms with Crippen LogP contribution in [0, 0.1) is 0 Å². The van der Waals surface area contributed by atoms with Crippen LogP contribution in [0.25, 0.3) is 10.8 Å². The van der Waals surface area contributed by atoms with Gasteiger partial charge >= 0.3 is 0 Å². The molecule has 0 aromatic heterocycles. The molecule has 6 heteroatoms. The van der Waals surface area contributed by atoms with Crippen molar-refractivity contribution in [3.05, 3.63) is 59.3 Å². The second-order valence-corrected chi connectivity index (χ2v) is 7.64. The molecule has 4 nitrogen and oxygen atoms in total. The topological polar surface area (TPSA) is 32.8 Å². The van der Waals surface area contributed by atoms with Crippen LogP contribution in [-0.2, 0) is 4.79 Å². The summed E-state index contributed by atoms with van der Waals surface area (Å²) < 4.78 is 6.68. The normalized spacial score (nSPS) is 19.8. The number of nitrogens with zero attached hydrogens (tertiary/aromatic N) is 2. The summed E-state index contributed by atoms with van der Waals surface area (Å²) in [6, 6.07) is 12.4. The zero-order chi connectivity index (χ0) is 18.3. The molecule has 1 fully saturated rings. The molecule has 4 rings (SSSR count). The monoisotopic (exact) mass is 382 g/mol. The molecule has 0 bridgehead atoms. The summed E-state index contributed by atoms with van der Waals surface area (Å²) in [5.74, 6) is 1.52. The number of hydrogen-bond acceptors (Lipinski definition) is 5. The molecule has 2 aliphatic rings. The summed E-state index contributed by atoms with van der Waals surface area (Å²) in [6.45, 7) is 5.37. The Hall–Kier alpha value is -2.31. The fraction of sp³-hybridized carbons (Fsp3) is 0.200. The third-order valence-corrected chi connectivity index (χ3v) is 5.88. The lowest BCUT2D eigenvalue weighted by atomic mass is 10.1. The van der Waals surface area contributed by atoms with Crippen molar-refractivity contribution in [1.82, 2.24) is 4.90 Å². The van der Waals surface area contributed by atoms with Crippen molar-refractivity contribution in [2.45, 2.75) is 13.8 Å². The van der Waals surface area contributed by atoms with Crippen LogP contribution in [0.15, 0.2) is 59.3 Å². The van der Waals surface area contributed by atoms with Gasteiger partial charge in [0.2, 0.25) is 5.88 Å². The Labute approximate surface area is 162 Å². The van der Waals surface area contributed by atoms with E-state index in [0.29, 0.717) is 15.8 Å². The summed E-state index contributed by atoms with van der Waals surface area (Å²) in [5, 5.41) is 2.32. The first-order chi connectivity index (χ1) is 12.6. The van der Waals surface area contributed by atoms with Crippen molar-refractivity contribution in [1.29, 1.82) is 0 Å². The fourth-order valence-electron chi connectivity index (χ4n) is 3.17. The molecule has 2 heterocycles. The largest absolute Gasteiger partial charge is 0.439 e. The van der Waals surface area contributed by atoms with E-state index in [-0.39, 0.29) is 5.91 Å². The van der Waals surface area contributed by atoms with Crippen molar-refractivity contribution in [3.8, 4) is 5.75 Å². The van der Waals surface area contributed by atoms with Gasteiger partial charge in [-0.25, -0.2) is 0 Å². The molecule has 1 saturated heterocycles. The number of benzene rings is 2. The molecule has 0 N–H and O–H groups in total. The highest BCUT2D eigenvalue weighted by Crippen LogP contribution is 2.42. The Morgan fingerprint density at radius 1 is 1.08 bits per heavy atom. The van der Waals surface area contributed by atoms with Gasteiger partial charge in [0.15, 0.2) is 5.75 Å². The van der Waals surface area contributed by atoms with Crippen LogP contribution in [0.3, 0.4) is 0 Å². The van der Waals surface area contributed by atoms with Gasteiger partial charge in [0.25, 0.3) is 5.91 Å². The highest BCUT2D eigenvalue weighted by Gasteiger charge is 2.31. The molecule has 26 heavy (non-hydrogen) atoms. The molecule has 0 saturated carbocycles. The zero-order valence-electron chi connectivity index (χ0n) is 14.6. The third-order valence-electron chi connectivity index (χ3n) is 4.48. The Morgan fingerprint density at radius 3 is 2.42 bits per heavy atom. The van der Waals surface area contributed by atoms with E-state index in [2.05, 4.69) is 36.1 Å². The summed E-state index contributed by atoms with van der Waals surface area (Å²) in [4.78, 5) is 16.7. The first-order valence-corrected chi connectivity index (χ1v) is 9.78. The maximum Gasteiger partial charge on any atom is 0.266 e. The van der Waals surface area contributed by atoms with E-state index in [0.717, 1.165) is 29.3 Å². The maximum absolute atomic E-state index is 12.3. The molecule has 0 atom stereocenters. The van der Waals surface area contributed by atoms with Gasteiger partial charge < -0.3 is 9.64 Å². The van der Waals surface area contributed by atoms with Crippen LogP contribution in [0.1, 0.15) is 13.8 Å². The van der Waals surface area contributed by atoms with E-state index in [9.17, 15) is 4.79 Å². The lowest BCUT2D eigenvalue weighted by molar-refractivity contribution is -0.122. The van der Waals surface area contributed by atoms with E-state index >= 15 is 0 Å². The second kappa shape index (κ2) is 6.78. The van der Waals surface area contributed by atoms with Gasteiger partial charge in [-0.15, -0.1) is 0 Å². The van der Waals surface area contributed by atoms with E-state index in [1.54, 1.807) is 11.0 Å². The number of allylic oxidation sites excluding steroid dienone is 2. The second-order valence-electron chi connectivity index (χ2n) is 5.97. The lowest BCUT2D eigenvalue weighted by Gasteiger charge is -2.15. The number of thioether (sulfide) groups is 1. The van der Waals surface area contributed by atoms with Crippen LogP contribution in [0.2, 0.25) is 0 Å². The Morgan fingerprint density at radius 2 is 1.77 bits per heavy atom. The Bertz CT molecular complexity index is 981. The summed E-state index contributed by atoms with van der Waals surface area (Å²) in [6.07, 6.45) is 3.66. The average molecular weight is 383 g/mol. The van der Waals surface area contributed by atoms with Gasteiger partial charge in [-0.1, -0.05) is 48.2 Å². The molecule has 0 radical (unpaired) electrons. The minimum Gasteiger partial charge on any atom is -0.439 e. The predicted octanol–water partition coefficient (Wildman–Crippen LogP) is 4.66. The molecule has 0 spiro atoms. The van der Waals surface area contributed by atoms with Gasteiger partial charge in [-0.2, -0.15) is 0 Å². The number of carbonyl (C=O) groups excluding carboxylic acids is 1. The van der Waals surface area contributed by atoms with Crippen LogP contribution < -0.4 is 9.64 Å². The summed E-state index contributed by atoms with van der Waals surface area (Å²) in [5.41, 5.74) is 1.05. The van der Waals surface area contributed by atoms with Crippen molar-refractivity contribution in [2.24, 2.45) is 0 Å². The quantitative estimate of drug-likeness (QED) is 0.569. The fourth-order valence-corrected chi connectivity index (χ4v) is 4.50. The average Bonchev–Trinajstić information content (AvgIpc) is 3.13. The molecular weight excluding hydrogens is 364 g/mol. The van der Waals surface area contributed by atoms with Crippen LogP contribution in [0.5, 0.6) is 5.75 Å². The van der Waals surface area contributed by atoms with Crippen molar-refractivity contribution in [3.63, 3.8) is 0 Å². The molecule has 132 valence electrons. The number of likely N-dealkylation sites (N-methyl/N-ethyl adjacent to an activating group) is 1. The van der Waals surface area contributed by atoms with E-state index in [1.807, 2.05) is 25.1 Å². The Kier molecular flexibility index (Phi) is 4.46. The summed E-state index contributed by atoms with van der Waals surface area (Å²) in [7, 11) is 0. The molecule has 2 aromatic carbocycles. The number of fused-ring (bicyclic) bond motifs is 2. The molecule has 2 aromatic rings. The zero-order valence-corrected chi connectivity index (χ0v) is 16.2. The first kappa shape index (κ1) is 17.1. The SMILES string of the molecule is CCN1C(=O)/C(=C\C=C2/Oc3cc4ccccc4cc3N2CC)SC1=S. The number of anilines is 1. The van der Waals surface area contributed by atoms with E-state index in [1.165, 1.54) is 17.1 Å². The molecule has 0 unspecified atom stereocenters. The van der Waals surface area contributed by atoms with E-state index < -0.39 is 0 Å². The highest BCUT2D eigenvalue weighted by molar-refractivity contribution is 8.26. The minimum atomic E-state index is -0.0383. The molecular formula is C20H18N2O2S2. The standard InChI is InChI=1S/C20H18N2O2S2/c1-3-21-15-11-13-7-5-6-8-14(13)12-16(15)24-18(21)10-9-17-19(23)22(4-2)20(25)26-17/h5-12H,3-4H2,1-2H3/b17-9+,18-10-. The number of rotatable bonds is 3. The number of ether oxygens (including phenoxy) is 1. The lowest BCUT2D eigenvalue weighted by Crippen LogP contribution is -2.27. The maximum atomic E-state index is 12.3. The first-order valence-electron chi connectivity index (χ1n) is 8.56. The van der Waals surface area contributed by atoms with Gasteiger partial charge in [0, 0.05) is 19.2 Å². The van der Waals surface area contributed by atoms with Gasteiger partial charge in [-0.3, -0.25) is 9.69 Å². The number of hydrogen-bond donors (Lipinski definition) is 0. The van der Waals surface area contributed by atoms with Crippen LogP contribution in [-0.4, -0.2) is 28.2 Å². The smallest absolute Gasteiger partial charge is 0.266 e. The van der Waals surface area contributed by atoms with Crippen molar-refractivity contribution < 1.29 is 9.53 Å². The van der Waals surface area contributed by atoms with E-state index in [4.69, 9.17) is 17.0 Å². The molecule has 2 aliphatic heterocycles. The minimum absolute atomic E-state index is 0.0383. The van der Waals surface area contributed by atoms with Gasteiger partial charge in [0.1, 0.15) is 4.32 Å². The number of carbonyl (C=O) groups is 1. The molecule has 0 aliphatic carbocycles. The van der Waals surface area contributed by atoms with Crippen molar-refractivity contribution in [2.75, 3.05) is 18.0 Å². The summed E-state index contributed by atoms with van der Waals surface area (Å²) >= 11 is 6.59. The number of amides is 1. The van der Waals surface area contributed by atoms with Crippen molar-refractivity contribution >= 4 is 50.7 Å². The van der Waals surface area contributed by atoms with Gasteiger partial charge in [0.05, 0.1) is 10.6 Å². The Balaban J connectivity index is 1.68. The molecule has 1 amide bonds. The third kappa shape index (κ3) is 2.79. The highest BCUT2D eigenvalue weighted by atomic mass is 32.2. The van der Waals surface area contributed by atoms with Crippen LogP contribution in [0.4, 0.5) is 5.69 Å². The number of thiocarbonyl (C=S) groups is 1. The van der Waals surface area contributed by atoms with Crippen LogP contribution >= 0.6 is 24.0 Å². The van der Waals surface area contributed by atoms with Gasteiger partial charge in [-0.05, 0) is 42.8 Å². The predicted molar refractivity (Wildman–Crippen MR) is 111 cm³/mol.